The molecule has 0 saturated carbocycles. The molecule has 0 aromatic rings. The third-order valence-electron chi connectivity index (χ3n) is 2.46. The van der Waals surface area contributed by atoms with Crippen molar-refractivity contribution in [2.75, 3.05) is 7.11 Å². The average molecular weight is 142 g/mol. The second-order valence-corrected chi connectivity index (χ2v) is 3.31. The fourth-order valence-corrected chi connectivity index (χ4v) is 1.53. The Labute approximate surface area is 63.3 Å². The monoisotopic (exact) mass is 142 g/mol. The summed E-state index contributed by atoms with van der Waals surface area (Å²) in [6, 6.07) is 0.229. The van der Waals surface area contributed by atoms with Gasteiger partial charge in [0.1, 0.15) is 7.85 Å². The van der Waals surface area contributed by atoms with Crippen molar-refractivity contribution >= 4 is 7.85 Å². The molecule has 1 aliphatic rings. The van der Waals surface area contributed by atoms with Crippen molar-refractivity contribution in [1.82, 2.24) is 0 Å². The van der Waals surface area contributed by atoms with Crippen molar-refractivity contribution < 1.29 is 9.47 Å². The van der Waals surface area contributed by atoms with Crippen molar-refractivity contribution in [3.05, 3.63) is 0 Å². The number of methoxy groups -OCH3 is 1. The summed E-state index contributed by atoms with van der Waals surface area (Å²) >= 11 is 0. The summed E-state index contributed by atoms with van der Waals surface area (Å²) in [7, 11) is 3.81. The van der Waals surface area contributed by atoms with Crippen LogP contribution in [0.3, 0.4) is 0 Å². The summed E-state index contributed by atoms with van der Waals surface area (Å²) in [4.78, 5) is 0. The zero-order chi connectivity index (χ0) is 7.78. The largest absolute Gasteiger partial charge is 0.381 e. The molecule has 0 aliphatic carbocycles. The van der Waals surface area contributed by atoms with Gasteiger partial charge in [-0.15, -0.1) is 0 Å². The Hall–Kier alpha value is -0.0151. The smallest absolute Gasteiger partial charge is 0.143 e. The summed E-state index contributed by atoms with van der Waals surface area (Å²) in [5, 5.41) is 0. The molecule has 1 fully saturated rings. The zero-order valence-corrected chi connectivity index (χ0v) is 7.18. The number of hydrogen-bond donors (Lipinski definition) is 0. The topological polar surface area (TPSA) is 18.5 Å². The minimum Gasteiger partial charge on any atom is -0.381 e. The van der Waals surface area contributed by atoms with Gasteiger partial charge in [0.15, 0.2) is 0 Å². The lowest BCUT2D eigenvalue weighted by Gasteiger charge is -2.25. The van der Waals surface area contributed by atoms with Gasteiger partial charge in [-0.2, -0.15) is 0 Å². The first-order chi connectivity index (χ1) is 4.58. The van der Waals surface area contributed by atoms with Crippen LogP contribution in [0.4, 0.5) is 0 Å². The van der Waals surface area contributed by atoms with Crippen LogP contribution in [0.15, 0.2) is 0 Å². The van der Waals surface area contributed by atoms with Crippen molar-refractivity contribution in [2.45, 2.75) is 38.0 Å². The van der Waals surface area contributed by atoms with E-state index in [-0.39, 0.29) is 11.6 Å². The average Bonchev–Trinajstić information content (AvgIpc) is 2.09. The van der Waals surface area contributed by atoms with Crippen LogP contribution >= 0.6 is 0 Å². The number of rotatable bonds is 1. The predicted octanol–water partition coefficient (Wildman–Crippen LogP) is 0.159. The normalized spacial score (nSPS) is 47.9. The highest BCUT2D eigenvalue weighted by atomic mass is 16.6. The van der Waals surface area contributed by atoms with Crippen molar-refractivity contribution in [1.29, 1.82) is 0 Å². The van der Waals surface area contributed by atoms with Crippen LogP contribution in [-0.4, -0.2) is 32.7 Å². The molecule has 0 N–H and O–H groups in total. The fraction of sp³-hybridized carbons (Fsp3) is 1.00. The lowest BCUT2D eigenvalue weighted by atomic mass is 9.83. The van der Waals surface area contributed by atoms with E-state index in [4.69, 9.17) is 9.47 Å². The lowest BCUT2D eigenvalue weighted by molar-refractivity contribution is -0.0234. The minimum atomic E-state index is -0.0561. The lowest BCUT2D eigenvalue weighted by Crippen LogP contribution is -2.37. The van der Waals surface area contributed by atoms with E-state index in [9.17, 15) is 0 Å². The molecule has 1 heterocycles. The van der Waals surface area contributed by atoms with E-state index in [0.717, 1.165) is 6.42 Å². The molecule has 0 amide bonds. The quantitative estimate of drug-likeness (QED) is 0.485. The molecule has 10 heavy (non-hydrogen) atoms. The second kappa shape index (κ2) is 2.55. The van der Waals surface area contributed by atoms with Gasteiger partial charge in [-0.3, -0.25) is 0 Å². The van der Waals surface area contributed by atoms with Crippen molar-refractivity contribution in [3.63, 3.8) is 0 Å². The van der Waals surface area contributed by atoms with Crippen molar-refractivity contribution in [2.24, 2.45) is 0 Å². The van der Waals surface area contributed by atoms with Crippen LogP contribution in [0.2, 0.25) is 0 Å². The zero-order valence-electron chi connectivity index (χ0n) is 7.18. The van der Waals surface area contributed by atoms with Gasteiger partial charge in [0.2, 0.25) is 0 Å². The molecule has 0 unspecified atom stereocenters. The second-order valence-electron chi connectivity index (χ2n) is 3.31. The molecular weight excluding hydrogens is 127 g/mol. The van der Waals surface area contributed by atoms with E-state index in [1.807, 2.05) is 0 Å². The highest BCUT2D eigenvalue weighted by Crippen LogP contribution is 2.30. The summed E-state index contributed by atoms with van der Waals surface area (Å²) in [6.45, 7) is 4.18. The first-order valence-electron chi connectivity index (χ1n) is 3.79. The van der Waals surface area contributed by atoms with Crippen LogP contribution < -0.4 is 0 Å². The van der Waals surface area contributed by atoms with Gasteiger partial charge in [-0.25, -0.2) is 0 Å². The molecule has 0 aromatic heterocycles. The van der Waals surface area contributed by atoms with Gasteiger partial charge in [0.05, 0.1) is 17.7 Å². The molecule has 0 radical (unpaired) electrons. The molecular formula is C7H15BO2. The van der Waals surface area contributed by atoms with E-state index >= 15 is 0 Å². The van der Waals surface area contributed by atoms with Crippen LogP contribution in [0.1, 0.15) is 20.3 Å². The molecule has 1 rings (SSSR count). The third kappa shape index (κ3) is 1.20. The molecule has 0 bridgehead atoms. The first kappa shape index (κ1) is 8.09. The Kier molecular flexibility index (Phi) is 2.06. The molecule has 3 heteroatoms. The highest BCUT2D eigenvalue weighted by molar-refractivity contribution is 6.12. The van der Waals surface area contributed by atoms with Crippen LogP contribution in [0.5, 0.6) is 0 Å². The highest BCUT2D eigenvalue weighted by Gasteiger charge is 2.40. The minimum absolute atomic E-state index is 0.0561. The van der Waals surface area contributed by atoms with E-state index < -0.39 is 0 Å². The molecule has 58 valence electrons. The molecule has 3 atom stereocenters. The van der Waals surface area contributed by atoms with Gasteiger partial charge in [0.25, 0.3) is 0 Å². The summed E-state index contributed by atoms with van der Waals surface area (Å²) < 4.78 is 10.9. The maximum atomic E-state index is 5.54. The fourth-order valence-electron chi connectivity index (χ4n) is 1.53. The maximum Gasteiger partial charge on any atom is 0.143 e. The van der Waals surface area contributed by atoms with E-state index in [1.165, 1.54) is 0 Å². The van der Waals surface area contributed by atoms with E-state index in [0.29, 0.717) is 6.10 Å². The van der Waals surface area contributed by atoms with Gasteiger partial charge < -0.3 is 9.47 Å². The number of ether oxygens (including phenoxy) is 2. The van der Waals surface area contributed by atoms with E-state index in [1.54, 1.807) is 7.11 Å². The van der Waals surface area contributed by atoms with Crippen LogP contribution in [-0.2, 0) is 9.47 Å². The standard InChI is InChI=1S/C7H15BO2/c1-5-4-7(2,9-3)6(8)10-5/h5-6H,4,8H2,1-3H3/t5-,6-,7-/m1/s1. The molecule has 0 spiro atoms. The number of hydrogen-bond acceptors (Lipinski definition) is 2. The summed E-state index contributed by atoms with van der Waals surface area (Å²) in [6.07, 6.45) is 1.35. The first-order valence-corrected chi connectivity index (χ1v) is 3.79. The van der Waals surface area contributed by atoms with Gasteiger partial charge in [-0.05, 0) is 13.8 Å². The Bertz CT molecular complexity index is 129. The van der Waals surface area contributed by atoms with E-state index in [2.05, 4.69) is 21.7 Å². The molecule has 1 saturated heterocycles. The molecule has 1 aliphatic heterocycles. The molecule has 0 aromatic carbocycles. The third-order valence-corrected chi connectivity index (χ3v) is 2.46. The van der Waals surface area contributed by atoms with Crippen molar-refractivity contribution in [3.8, 4) is 0 Å². The Balaban J connectivity index is 2.61. The van der Waals surface area contributed by atoms with Gasteiger partial charge in [0, 0.05) is 13.5 Å². The Morgan fingerprint density at radius 3 is 2.50 bits per heavy atom. The van der Waals surface area contributed by atoms with Crippen LogP contribution in [0, 0.1) is 0 Å². The maximum absolute atomic E-state index is 5.54. The van der Waals surface area contributed by atoms with Gasteiger partial charge in [-0.1, -0.05) is 0 Å². The Morgan fingerprint density at radius 1 is 1.70 bits per heavy atom. The Morgan fingerprint density at radius 2 is 2.30 bits per heavy atom. The summed E-state index contributed by atoms with van der Waals surface area (Å²) in [5.41, 5.74) is -0.0561. The molecule has 2 nitrogen and oxygen atoms in total. The van der Waals surface area contributed by atoms with Gasteiger partial charge >= 0.3 is 0 Å². The summed E-state index contributed by atoms with van der Waals surface area (Å²) in [5.74, 6) is 0. The van der Waals surface area contributed by atoms with Crippen LogP contribution in [0.25, 0.3) is 0 Å². The predicted molar refractivity (Wildman–Crippen MR) is 42.9 cm³/mol. The SMILES string of the molecule is B[C@@H]1O[C@H](C)C[C@@]1(C)OC.